The van der Waals surface area contributed by atoms with E-state index in [1.807, 2.05) is 29.6 Å². The van der Waals surface area contributed by atoms with Crippen LogP contribution in [-0.2, 0) is 6.42 Å². The summed E-state index contributed by atoms with van der Waals surface area (Å²) in [7, 11) is 1.62. The summed E-state index contributed by atoms with van der Waals surface area (Å²) in [6.45, 7) is 1.92. The van der Waals surface area contributed by atoms with Crippen LogP contribution in [0.25, 0.3) is 0 Å². The summed E-state index contributed by atoms with van der Waals surface area (Å²) >= 11 is 1.47. The van der Waals surface area contributed by atoms with Gasteiger partial charge in [0.2, 0.25) is 0 Å². The Bertz CT molecular complexity index is 576. The highest BCUT2D eigenvalue weighted by Crippen LogP contribution is 2.17. The van der Waals surface area contributed by atoms with Gasteiger partial charge in [0.15, 0.2) is 0 Å². The summed E-state index contributed by atoms with van der Waals surface area (Å²) in [6, 6.07) is 9.30. The highest BCUT2D eigenvalue weighted by atomic mass is 32.1. The van der Waals surface area contributed by atoms with Crippen LogP contribution in [0.1, 0.15) is 22.8 Å². The molecule has 1 aromatic heterocycles. The van der Waals surface area contributed by atoms with Crippen molar-refractivity contribution in [2.45, 2.75) is 18.9 Å². The molecule has 0 aliphatic rings. The zero-order valence-electron chi connectivity index (χ0n) is 12.1. The van der Waals surface area contributed by atoms with Crippen molar-refractivity contribution in [2.24, 2.45) is 0 Å². The van der Waals surface area contributed by atoms with E-state index < -0.39 is 5.60 Å². The minimum Gasteiger partial charge on any atom is -0.497 e. The molecule has 0 unspecified atom stereocenters. The lowest BCUT2D eigenvalue weighted by Gasteiger charge is -2.23. The maximum absolute atomic E-state index is 11.9. The second-order valence-electron chi connectivity index (χ2n) is 5.22. The van der Waals surface area contributed by atoms with Gasteiger partial charge in [-0.3, -0.25) is 4.79 Å². The first kappa shape index (κ1) is 15.5. The Morgan fingerprint density at radius 2 is 2.05 bits per heavy atom. The molecule has 1 aromatic carbocycles. The second-order valence-corrected chi connectivity index (χ2v) is 6.00. The SMILES string of the molecule is COc1ccc(C[C@](C)(O)CNC(=O)c2ccsc2)cc1. The molecule has 112 valence electrons. The van der Waals surface area contributed by atoms with E-state index in [4.69, 9.17) is 4.74 Å². The number of carbonyl (C=O) groups excluding carboxylic acids is 1. The van der Waals surface area contributed by atoms with E-state index in [1.54, 1.807) is 25.5 Å². The summed E-state index contributed by atoms with van der Waals surface area (Å²) in [5, 5.41) is 16.8. The molecule has 0 bridgehead atoms. The monoisotopic (exact) mass is 305 g/mol. The standard InChI is InChI=1S/C16H19NO3S/c1-16(19,9-12-3-5-14(20-2)6-4-12)11-17-15(18)13-7-8-21-10-13/h3-8,10,19H,9,11H2,1-2H3,(H,17,18)/t16-/m0/s1. The van der Waals surface area contributed by atoms with E-state index in [-0.39, 0.29) is 12.5 Å². The third-order valence-corrected chi connectivity index (χ3v) is 3.84. The molecular weight excluding hydrogens is 286 g/mol. The van der Waals surface area contributed by atoms with E-state index in [2.05, 4.69) is 5.32 Å². The van der Waals surface area contributed by atoms with Gasteiger partial charge in [0.1, 0.15) is 5.75 Å². The Morgan fingerprint density at radius 1 is 1.33 bits per heavy atom. The maximum atomic E-state index is 11.9. The van der Waals surface area contributed by atoms with E-state index >= 15 is 0 Å². The zero-order valence-corrected chi connectivity index (χ0v) is 12.9. The fourth-order valence-corrected chi connectivity index (χ4v) is 2.65. The van der Waals surface area contributed by atoms with Crippen molar-refractivity contribution in [3.05, 3.63) is 52.2 Å². The number of ether oxygens (including phenoxy) is 1. The third-order valence-electron chi connectivity index (χ3n) is 3.16. The first-order chi connectivity index (χ1) is 10.00. The maximum Gasteiger partial charge on any atom is 0.252 e. The molecule has 5 heteroatoms. The highest BCUT2D eigenvalue weighted by Gasteiger charge is 2.22. The number of methoxy groups -OCH3 is 1. The first-order valence-electron chi connectivity index (χ1n) is 6.66. The van der Waals surface area contributed by atoms with Gasteiger partial charge in [-0.1, -0.05) is 12.1 Å². The predicted octanol–water partition coefficient (Wildman–Crippen LogP) is 2.48. The quantitative estimate of drug-likeness (QED) is 0.862. The highest BCUT2D eigenvalue weighted by molar-refractivity contribution is 7.08. The fraction of sp³-hybridized carbons (Fsp3) is 0.312. The number of amides is 1. The zero-order chi connectivity index (χ0) is 15.3. The molecule has 1 heterocycles. The van der Waals surface area contributed by atoms with Crippen molar-refractivity contribution in [2.75, 3.05) is 13.7 Å². The molecule has 4 nitrogen and oxygen atoms in total. The summed E-state index contributed by atoms with van der Waals surface area (Å²) < 4.78 is 5.10. The van der Waals surface area contributed by atoms with Crippen LogP contribution >= 0.6 is 11.3 Å². The largest absolute Gasteiger partial charge is 0.497 e. The molecular formula is C16H19NO3S. The van der Waals surface area contributed by atoms with Crippen LogP contribution in [-0.4, -0.2) is 30.3 Å². The lowest BCUT2D eigenvalue weighted by atomic mass is 9.96. The van der Waals surface area contributed by atoms with Crippen molar-refractivity contribution in [3.63, 3.8) is 0 Å². The molecule has 0 spiro atoms. The topological polar surface area (TPSA) is 58.6 Å². The normalized spacial score (nSPS) is 13.5. The average Bonchev–Trinajstić information content (AvgIpc) is 2.99. The van der Waals surface area contributed by atoms with Crippen molar-refractivity contribution in [1.82, 2.24) is 5.32 Å². The van der Waals surface area contributed by atoms with Gasteiger partial charge < -0.3 is 15.2 Å². The minimum absolute atomic E-state index is 0.161. The van der Waals surface area contributed by atoms with E-state index in [0.29, 0.717) is 12.0 Å². The predicted molar refractivity (Wildman–Crippen MR) is 84.0 cm³/mol. The Labute approximate surface area is 128 Å². The Hall–Kier alpha value is -1.85. The number of hydrogen-bond donors (Lipinski definition) is 2. The van der Waals surface area contributed by atoms with Crippen LogP contribution in [0, 0.1) is 0 Å². The number of carbonyl (C=O) groups is 1. The van der Waals surface area contributed by atoms with Crippen molar-refractivity contribution in [1.29, 1.82) is 0 Å². The molecule has 0 fully saturated rings. The van der Waals surface area contributed by atoms with E-state index in [1.165, 1.54) is 11.3 Å². The molecule has 0 saturated heterocycles. The number of nitrogens with one attached hydrogen (secondary N) is 1. The summed E-state index contributed by atoms with van der Waals surface area (Å²) in [4.78, 5) is 11.9. The van der Waals surface area contributed by atoms with E-state index in [9.17, 15) is 9.90 Å². The third kappa shape index (κ3) is 4.58. The van der Waals surface area contributed by atoms with Crippen LogP contribution in [0.5, 0.6) is 5.75 Å². The lowest BCUT2D eigenvalue weighted by Crippen LogP contribution is -2.42. The molecule has 0 radical (unpaired) electrons. The van der Waals surface area contributed by atoms with Crippen LogP contribution in [0.4, 0.5) is 0 Å². The molecule has 0 aliphatic carbocycles. The Kier molecular flexibility index (Phi) is 4.98. The smallest absolute Gasteiger partial charge is 0.252 e. The number of thiophene rings is 1. The van der Waals surface area contributed by atoms with E-state index in [0.717, 1.165) is 11.3 Å². The van der Waals surface area contributed by atoms with Crippen LogP contribution < -0.4 is 10.1 Å². The van der Waals surface area contributed by atoms with Gasteiger partial charge in [-0.2, -0.15) is 11.3 Å². The fourth-order valence-electron chi connectivity index (χ4n) is 2.01. The van der Waals surface area contributed by atoms with Gasteiger partial charge in [-0.15, -0.1) is 0 Å². The van der Waals surface area contributed by atoms with Gasteiger partial charge in [0.25, 0.3) is 5.91 Å². The molecule has 0 saturated carbocycles. The summed E-state index contributed by atoms with van der Waals surface area (Å²) in [6.07, 6.45) is 0.459. The molecule has 2 rings (SSSR count). The molecule has 0 aliphatic heterocycles. The lowest BCUT2D eigenvalue weighted by molar-refractivity contribution is 0.0553. The minimum atomic E-state index is -1.000. The number of rotatable bonds is 6. The Morgan fingerprint density at radius 3 is 2.62 bits per heavy atom. The number of benzene rings is 1. The van der Waals surface area contributed by atoms with Gasteiger partial charge in [-0.05, 0) is 36.1 Å². The summed E-state index contributed by atoms with van der Waals surface area (Å²) in [5.41, 5.74) is 0.617. The van der Waals surface area contributed by atoms with Crippen molar-refractivity contribution < 1.29 is 14.6 Å². The van der Waals surface area contributed by atoms with Crippen LogP contribution in [0.2, 0.25) is 0 Å². The van der Waals surface area contributed by atoms with Gasteiger partial charge in [0.05, 0.1) is 12.7 Å². The molecule has 1 amide bonds. The van der Waals surface area contributed by atoms with Gasteiger partial charge in [0, 0.05) is 23.9 Å². The molecule has 2 N–H and O–H groups in total. The van der Waals surface area contributed by atoms with Gasteiger partial charge in [-0.25, -0.2) is 0 Å². The average molecular weight is 305 g/mol. The molecule has 21 heavy (non-hydrogen) atoms. The first-order valence-corrected chi connectivity index (χ1v) is 7.60. The number of hydrogen-bond acceptors (Lipinski definition) is 4. The number of aliphatic hydroxyl groups is 1. The van der Waals surface area contributed by atoms with Crippen LogP contribution in [0.3, 0.4) is 0 Å². The molecule has 1 atom stereocenters. The Balaban J connectivity index is 1.90. The van der Waals surface area contributed by atoms with Crippen molar-refractivity contribution in [3.8, 4) is 5.75 Å². The molecule has 2 aromatic rings. The van der Waals surface area contributed by atoms with Crippen LogP contribution in [0.15, 0.2) is 41.1 Å². The van der Waals surface area contributed by atoms with Gasteiger partial charge >= 0.3 is 0 Å². The summed E-state index contributed by atoms with van der Waals surface area (Å²) in [5.74, 6) is 0.621. The second kappa shape index (κ2) is 6.74. The van der Waals surface area contributed by atoms with Crippen molar-refractivity contribution >= 4 is 17.2 Å².